The second kappa shape index (κ2) is 4.78. The highest BCUT2D eigenvalue weighted by atomic mass is 32.2. The molecule has 2 atom stereocenters. The van der Waals surface area contributed by atoms with Gasteiger partial charge < -0.3 is 10.6 Å². The number of hydrogen-bond donors (Lipinski definition) is 1. The molecule has 1 aliphatic heterocycles. The van der Waals surface area contributed by atoms with Crippen molar-refractivity contribution in [2.24, 2.45) is 5.73 Å². The van der Waals surface area contributed by atoms with Crippen molar-refractivity contribution in [2.45, 2.75) is 25.1 Å². The van der Waals surface area contributed by atoms with E-state index >= 15 is 0 Å². The van der Waals surface area contributed by atoms with Crippen molar-refractivity contribution in [1.29, 1.82) is 0 Å². The smallest absolute Gasteiger partial charge is 0.218 e. The van der Waals surface area contributed by atoms with Crippen LogP contribution in [0, 0.1) is 0 Å². The van der Waals surface area contributed by atoms with Gasteiger partial charge >= 0.3 is 0 Å². The molecule has 1 heterocycles. The van der Waals surface area contributed by atoms with Crippen LogP contribution in [0.5, 0.6) is 0 Å². The van der Waals surface area contributed by atoms with E-state index in [0.29, 0.717) is 6.54 Å². The fourth-order valence-corrected chi connectivity index (χ4v) is 3.46. The Kier molecular flexibility index (Phi) is 4.11. The van der Waals surface area contributed by atoms with E-state index in [2.05, 4.69) is 4.90 Å². The van der Waals surface area contributed by atoms with Gasteiger partial charge in [-0.3, -0.25) is 0 Å². The number of rotatable bonds is 3. The molecule has 90 valence electrons. The lowest BCUT2D eigenvalue weighted by Gasteiger charge is -2.38. The molecule has 5 nitrogen and oxygen atoms in total. The monoisotopic (exact) mass is 235 g/mol. The summed E-state index contributed by atoms with van der Waals surface area (Å²) in [5.41, 5.74) is 5.42. The number of likely N-dealkylation sites (N-methyl/N-ethyl adjacent to an activating group) is 1. The van der Waals surface area contributed by atoms with Gasteiger partial charge in [-0.25, -0.2) is 8.42 Å². The number of nitrogens with two attached hydrogens (primary N) is 1. The summed E-state index contributed by atoms with van der Waals surface area (Å²) in [5.74, 6) is 0. The van der Waals surface area contributed by atoms with Crippen LogP contribution in [0.1, 0.15) is 13.8 Å². The maximum atomic E-state index is 12.1. The van der Waals surface area contributed by atoms with Crippen molar-refractivity contribution in [3.63, 3.8) is 0 Å². The van der Waals surface area contributed by atoms with Crippen LogP contribution < -0.4 is 5.73 Å². The molecule has 0 aromatic carbocycles. The van der Waals surface area contributed by atoms with Gasteiger partial charge in [-0.15, -0.1) is 0 Å². The van der Waals surface area contributed by atoms with Crippen LogP contribution in [-0.2, 0) is 10.0 Å². The van der Waals surface area contributed by atoms with Gasteiger partial charge in [-0.05, 0) is 20.9 Å². The van der Waals surface area contributed by atoms with Crippen molar-refractivity contribution in [3.05, 3.63) is 0 Å². The van der Waals surface area contributed by atoms with Gasteiger partial charge in [0.05, 0.1) is 5.25 Å². The van der Waals surface area contributed by atoms with Gasteiger partial charge in [0.1, 0.15) is 0 Å². The molecule has 15 heavy (non-hydrogen) atoms. The quantitative estimate of drug-likeness (QED) is 0.702. The topological polar surface area (TPSA) is 66.6 Å². The zero-order valence-electron chi connectivity index (χ0n) is 9.68. The summed E-state index contributed by atoms with van der Waals surface area (Å²) in [4.78, 5) is 2.14. The molecule has 6 heteroatoms. The Balaban J connectivity index is 2.79. The molecule has 0 saturated carbocycles. The standard InChI is InChI=1S/C9H21N3O2S/c1-8-7-11(3)4-5-12(8)15(13,14)9(2)6-10/h8-9H,4-7,10H2,1-3H3. The van der Waals surface area contributed by atoms with Crippen LogP contribution >= 0.6 is 0 Å². The predicted octanol–water partition coefficient (Wildman–Crippen LogP) is -0.701. The summed E-state index contributed by atoms with van der Waals surface area (Å²) >= 11 is 0. The Labute approximate surface area is 92.3 Å². The van der Waals surface area contributed by atoms with E-state index in [-0.39, 0.29) is 12.6 Å². The van der Waals surface area contributed by atoms with Crippen molar-refractivity contribution in [1.82, 2.24) is 9.21 Å². The Morgan fingerprint density at radius 1 is 1.47 bits per heavy atom. The van der Waals surface area contributed by atoms with Gasteiger partial charge in [0.15, 0.2) is 0 Å². The first-order valence-corrected chi connectivity index (χ1v) is 6.79. The Bertz CT molecular complexity index is 304. The summed E-state index contributed by atoms with van der Waals surface area (Å²) in [5, 5.41) is -0.483. The Morgan fingerprint density at radius 2 is 2.07 bits per heavy atom. The fourth-order valence-electron chi connectivity index (χ4n) is 1.85. The number of nitrogens with zero attached hydrogens (tertiary/aromatic N) is 2. The SMILES string of the molecule is CC1CN(C)CCN1S(=O)(=O)C(C)CN. The summed E-state index contributed by atoms with van der Waals surface area (Å²) < 4.78 is 25.7. The van der Waals surface area contributed by atoms with E-state index in [0.717, 1.165) is 13.1 Å². The highest BCUT2D eigenvalue weighted by Gasteiger charge is 2.34. The summed E-state index contributed by atoms with van der Waals surface area (Å²) in [6.45, 7) is 5.94. The lowest BCUT2D eigenvalue weighted by Crippen LogP contribution is -2.55. The van der Waals surface area contributed by atoms with E-state index in [4.69, 9.17) is 5.73 Å². The first kappa shape index (κ1) is 12.9. The first-order valence-electron chi connectivity index (χ1n) is 5.29. The summed E-state index contributed by atoms with van der Waals surface area (Å²) in [7, 11) is -1.20. The average Bonchev–Trinajstić information content (AvgIpc) is 2.15. The molecule has 0 bridgehead atoms. The van der Waals surface area contributed by atoms with E-state index in [1.54, 1.807) is 11.2 Å². The lowest BCUT2D eigenvalue weighted by atomic mass is 10.2. The Morgan fingerprint density at radius 3 is 2.53 bits per heavy atom. The zero-order valence-corrected chi connectivity index (χ0v) is 10.5. The van der Waals surface area contributed by atoms with E-state index < -0.39 is 15.3 Å². The highest BCUT2D eigenvalue weighted by Crippen LogP contribution is 2.16. The van der Waals surface area contributed by atoms with Crippen LogP contribution in [0.3, 0.4) is 0 Å². The third-order valence-electron chi connectivity index (χ3n) is 2.94. The molecule has 0 amide bonds. The minimum atomic E-state index is -3.20. The first-order chi connectivity index (χ1) is 6.89. The molecule has 2 N–H and O–H groups in total. The van der Waals surface area contributed by atoms with Crippen LogP contribution in [-0.4, -0.2) is 62.1 Å². The Hall–Kier alpha value is -0.170. The van der Waals surface area contributed by atoms with Gasteiger partial charge in [-0.2, -0.15) is 4.31 Å². The van der Waals surface area contributed by atoms with E-state index in [1.165, 1.54) is 0 Å². The maximum absolute atomic E-state index is 12.1. The molecule has 1 rings (SSSR count). The predicted molar refractivity (Wildman–Crippen MR) is 61.1 cm³/mol. The van der Waals surface area contributed by atoms with Gasteiger partial charge in [0.25, 0.3) is 0 Å². The molecule has 1 saturated heterocycles. The van der Waals surface area contributed by atoms with Crippen molar-refractivity contribution in [3.8, 4) is 0 Å². The maximum Gasteiger partial charge on any atom is 0.218 e. The van der Waals surface area contributed by atoms with Crippen LogP contribution in [0.15, 0.2) is 0 Å². The molecular weight excluding hydrogens is 214 g/mol. The van der Waals surface area contributed by atoms with Crippen molar-refractivity contribution in [2.75, 3.05) is 33.2 Å². The fraction of sp³-hybridized carbons (Fsp3) is 1.00. The molecule has 0 aliphatic carbocycles. The number of hydrogen-bond acceptors (Lipinski definition) is 4. The highest BCUT2D eigenvalue weighted by molar-refractivity contribution is 7.89. The van der Waals surface area contributed by atoms with E-state index in [9.17, 15) is 8.42 Å². The molecule has 0 spiro atoms. The van der Waals surface area contributed by atoms with Gasteiger partial charge in [0, 0.05) is 32.2 Å². The van der Waals surface area contributed by atoms with Crippen molar-refractivity contribution < 1.29 is 8.42 Å². The van der Waals surface area contributed by atoms with Crippen LogP contribution in [0.25, 0.3) is 0 Å². The summed E-state index contributed by atoms with van der Waals surface area (Å²) in [6, 6.07) is 0.0442. The van der Waals surface area contributed by atoms with Crippen molar-refractivity contribution >= 4 is 10.0 Å². The third-order valence-corrected chi connectivity index (χ3v) is 5.34. The minimum Gasteiger partial charge on any atom is -0.329 e. The zero-order chi connectivity index (χ0) is 11.6. The van der Waals surface area contributed by atoms with Crippen LogP contribution in [0.2, 0.25) is 0 Å². The molecular formula is C9H21N3O2S. The molecule has 0 aromatic rings. The normalized spacial score (nSPS) is 27.9. The molecule has 0 radical (unpaired) electrons. The van der Waals surface area contributed by atoms with Gasteiger partial charge in [-0.1, -0.05) is 0 Å². The number of piperazine rings is 1. The number of sulfonamides is 1. The van der Waals surface area contributed by atoms with E-state index in [1.807, 2.05) is 14.0 Å². The second-order valence-corrected chi connectivity index (χ2v) is 6.62. The average molecular weight is 235 g/mol. The largest absolute Gasteiger partial charge is 0.329 e. The third kappa shape index (κ3) is 2.69. The second-order valence-electron chi connectivity index (χ2n) is 4.31. The summed E-state index contributed by atoms with van der Waals surface area (Å²) in [6.07, 6.45) is 0. The molecule has 1 aliphatic rings. The molecule has 2 unspecified atom stereocenters. The lowest BCUT2D eigenvalue weighted by molar-refractivity contribution is 0.169. The molecule has 0 aromatic heterocycles. The molecule has 1 fully saturated rings. The minimum absolute atomic E-state index is 0.0442. The van der Waals surface area contributed by atoms with Crippen LogP contribution in [0.4, 0.5) is 0 Å². The van der Waals surface area contributed by atoms with Gasteiger partial charge in [0.2, 0.25) is 10.0 Å².